The van der Waals surface area contributed by atoms with Crippen molar-refractivity contribution >= 4 is 18.5 Å². The molecular weight excluding hydrogens is 487 g/mol. The fourth-order valence-electron chi connectivity index (χ4n) is 2.82. The Balaban J connectivity index is 2.82. The zero-order valence-corrected chi connectivity index (χ0v) is 16.8. The first kappa shape index (κ1) is 26.3. The van der Waals surface area contributed by atoms with Gasteiger partial charge in [0.1, 0.15) is 0 Å². The summed E-state index contributed by atoms with van der Waals surface area (Å²) in [5.74, 6) is 0. The summed E-state index contributed by atoms with van der Waals surface area (Å²) in [5, 5.41) is -1.26. The Bertz CT molecular complexity index is 811. The van der Waals surface area contributed by atoms with Crippen LogP contribution in [0, 0.1) is 0 Å². The number of halogens is 12. The second kappa shape index (κ2) is 8.76. The number of hydrogen-bond donors (Lipinski definition) is 0. The fraction of sp³-hybridized carbons (Fsp3) is 0.368. The predicted molar refractivity (Wildman–Crippen MR) is 94.2 cm³/mol. The maximum Gasteiger partial charge on any atom is 0.416 e. The van der Waals surface area contributed by atoms with Crippen molar-refractivity contribution in [3.8, 4) is 0 Å². The van der Waals surface area contributed by atoms with Gasteiger partial charge in [0.15, 0.2) is 0 Å². The molecule has 178 valence electrons. The van der Waals surface area contributed by atoms with Crippen LogP contribution in [0.1, 0.15) is 35.6 Å². The first-order chi connectivity index (χ1) is 14.3. The molecular formula is C19H13F12P. The van der Waals surface area contributed by atoms with Gasteiger partial charge in [0.2, 0.25) is 0 Å². The standard InChI is InChI=1S/C19H13F12P/c1-2-3-32(14-6-10(16(20,21)22)4-11(7-14)17(23,24)25)15-8-12(18(26,27)28)5-13(9-15)19(29,30)31/h4-9H,2-3H2,1H3. The maximum absolute atomic E-state index is 13.2. The van der Waals surface area contributed by atoms with E-state index in [0.717, 1.165) is 0 Å². The number of alkyl halides is 12. The van der Waals surface area contributed by atoms with Crippen LogP contribution in [-0.2, 0) is 24.7 Å². The lowest BCUT2D eigenvalue weighted by molar-refractivity contribution is -0.144. The van der Waals surface area contributed by atoms with Gasteiger partial charge in [0.05, 0.1) is 22.3 Å². The highest BCUT2D eigenvalue weighted by molar-refractivity contribution is 7.73. The van der Waals surface area contributed by atoms with Gasteiger partial charge in [0.25, 0.3) is 0 Å². The molecule has 32 heavy (non-hydrogen) atoms. The molecule has 0 N–H and O–H groups in total. The molecule has 2 aromatic carbocycles. The SMILES string of the molecule is CCCP(c1cc(C(F)(F)F)cc(C(F)(F)F)c1)c1cc(C(F)(F)F)cc(C(F)(F)F)c1. The molecule has 0 bridgehead atoms. The van der Waals surface area contributed by atoms with Gasteiger partial charge >= 0.3 is 24.7 Å². The van der Waals surface area contributed by atoms with Crippen molar-refractivity contribution in [2.75, 3.05) is 6.16 Å². The fourth-order valence-corrected chi connectivity index (χ4v) is 5.26. The summed E-state index contributed by atoms with van der Waals surface area (Å²) in [5.41, 5.74) is -6.80. The van der Waals surface area contributed by atoms with Crippen LogP contribution in [0.4, 0.5) is 52.7 Å². The van der Waals surface area contributed by atoms with Crippen LogP contribution < -0.4 is 10.6 Å². The lowest BCUT2D eigenvalue weighted by atomic mass is 10.1. The van der Waals surface area contributed by atoms with Crippen LogP contribution in [0.15, 0.2) is 36.4 Å². The predicted octanol–water partition coefficient (Wildman–Crippen LogP) is 7.60. The van der Waals surface area contributed by atoms with Gasteiger partial charge in [0, 0.05) is 0 Å². The quantitative estimate of drug-likeness (QED) is 0.300. The van der Waals surface area contributed by atoms with Crippen LogP contribution in [0.25, 0.3) is 0 Å². The molecule has 0 heterocycles. The third-order valence-electron chi connectivity index (χ3n) is 4.22. The average molecular weight is 500 g/mol. The minimum absolute atomic E-state index is 0.0842. The average Bonchev–Trinajstić information content (AvgIpc) is 2.62. The normalized spacial score (nSPS) is 13.7. The van der Waals surface area contributed by atoms with Crippen LogP contribution in [0.3, 0.4) is 0 Å². The van der Waals surface area contributed by atoms with E-state index in [1.807, 2.05) is 0 Å². The van der Waals surface area contributed by atoms with Crippen molar-refractivity contribution in [3.63, 3.8) is 0 Å². The molecule has 0 aliphatic heterocycles. The van der Waals surface area contributed by atoms with Crippen molar-refractivity contribution in [3.05, 3.63) is 58.7 Å². The minimum atomic E-state index is -5.21. The van der Waals surface area contributed by atoms with Crippen molar-refractivity contribution < 1.29 is 52.7 Å². The summed E-state index contributed by atoms with van der Waals surface area (Å²) in [4.78, 5) is 0. The lowest BCUT2D eigenvalue weighted by Crippen LogP contribution is -2.23. The topological polar surface area (TPSA) is 0 Å². The largest absolute Gasteiger partial charge is 0.416 e. The minimum Gasteiger partial charge on any atom is -0.166 e. The molecule has 0 nitrogen and oxygen atoms in total. The highest BCUT2D eigenvalue weighted by atomic mass is 31.1. The Morgan fingerprint density at radius 1 is 0.500 bits per heavy atom. The Morgan fingerprint density at radius 2 is 0.750 bits per heavy atom. The summed E-state index contributed by atoms with van der Waals surface area (Å²) < 4.78 is 158. The molecule has 0 atom stereocenters. The van der Waals surface area contributed by atoms with Gasteiger partial charge in [-0.05, 0) is 61.1 Å². The van der Waals surface area contributed by atoms with Gasteiger partial charge < -0.3 is 0 Å². The molecule has 0 radical (unpaired) electrons. The molecule has 2 aromatic rings. The Hall–Kier alpha value is -1.97. The summed E-state index contributed by atoms with van der Waals surface area (Å²) in [7, 11) is -2.40. The van der Waals surface area contributed by atoms with E-state index < -0.39 is 65.5 Å². The molecule has 0 unspecified atom stereocenters. The molecule has 0 aromatic heterocycles. The van der Waals surface area contributed by atoms with Crippen molar-refractivity contribution in [2.45, 2.75) is 38.0 Å². The molecule has 0 saturated heterocycles. The Labute approximate surface area is 175 Å². The second-order valence-corrected chi connectivity index (χ2v) is 9.02. The zero-order chi connectivity index (χ0) is 24.7. The van der Waals surface area contributed by atoms with E-state index in [1.54, 1.807) is 0 Å². The Kier molecular flexibility index (Phi) is 7.19. The summed E-state index contributed by atoms with van der Waals surface area (Å²) >= 11 is 0. The molecule has 0 aliphatic carbocycles. The molecule has 0 aliphatic rings. The van der Waals surface area contributed by atoms with Gasteiger partial charge in [-0.25, -0.2) is 0 Å². The van der Waals surface area contributed by atoms with Gasteiger partial charge in [-0.1, -0.05) is 13.3 Å². The lowest BCUT2D eigenvalue weighted by Gasteiger charge is -2.23. The van der Waals surface area contributed by atoms with E-state index in [4.69, 9.17) is 0 Å². The van der Waals surface area contributed by atoms with Gasteiger partial charge in [-0.15, -0.1) is 0 Å². The van der Waals surface area contributed by atoms with E-state index in [0.29, 0.717) is 24.3 Å². The van der Waals surface area contributed by atoms with E-state index in [2.05, 4.69) is 0 Å². The Morgan fingerprint density at radius 3 is 0.938 bits per heavy atom. The third kappa shape index (κ3) is 6.30. The van der Waals surface area contributed by atoms with Crippen LogP contribution in [0.5, 0.6) is 0 Å². The van der Waals surface area contributed by atoms with Crippen LogP contribution in [0.2, 0.25) is 0 Å². The van der Waals surface area contributed by atoms with Crippen molar-refractivity contribution in [1.29, 1.82) is 0 Å². The van der Waals surface area contributed by atoms with Crippen molar-refractivity contribution in [1.82, 2.24) is 0 Å². The first-order valence-corrected chi connectivity index (χ1v) is 10.2. The first-order valence-electron chi connectivity index (χ1n) is 8.70. The molecule has 0 fully saturated rings. The number of hydrogen-bond acceptors (Lipinski definition) is 0. The van der Waals surface area contributed by atoms with Crippen LogP contribution >= 0.6 is 7.92 Å². The molecule has 2 rings (SSSR count). The van der Waals surface area contributed by atoms with E-state index >= 15 is 0 Å². The molecule has 0 spiro atoms. The summed E-state index contributed by atoms with van der Waals surface area (Å²) in [6.07, 6.45) is -21.0. The van der Waals surface area contributed by atoms with Crippen molar-refractivity contribution in [2.24, 2.45) is 0 Å². The summed E-state index contributed by atoms with van der Waals surface area (Å²) in [6, 6.07) is 1.04. The van der Waals surface area contributed by atoms with Gasteiger partial charge in [-0.2, -0.15) is 52.7 Å². The highest BCUT2D eigenvalue weighted by Gasteiger charge is 2.40. The second-order valence-electron chi connectivity index (χ2n) is 6.68. The maximum atomic E-state index is 13.2. The van der Waals surface area contributed by atoms with E-state index in [9.17, 15) is 52.7 Å². The molecule has 0 saturated carbocycles. The monoisotopic (exact) mass is 500 g/mol. The molecule has 13 heteroatoms. The summed E-state index contributed by atoms with van der Waals surface area (Å²) in [6.45, 7) is 1.45. The van der Waals surface area contributed by atoms with E-state index in [-0.39, 0.29) is 24.7 Å². The molecule has 0 amide bonds. The van der Waals surface area contributed by atoms with Gasteiger partial charge in [-0.3, -0.25) is 0 Å². The smallest absolute Gasteiger partial charge is 0.166 e. The zero-order valence-electron chi connectivity index (χ0n) is 15.9. The van der Waals surface area contributed by atoms with E-state index in [1.165, 1.54) is 6.92 Å². The number of rotatable bonds is 4. The number of benzene rings is 2. The van der Waals surface area contributed by atoms with Crippen LogP contribution in [-0.4, -0.2) is 6.16 Å². The third-order valence-corrected chi connectivity index (χ3v) is 6.87. The highest BCUT2D eigenvalue weighted by Crippen LogP contribution is 2.43.